The number of rotatable bonds is 7. The number of carbonyl (C=O) groups is 1. The molecule has 0 unspecified atom stereocenters. The molecule has 1 aromatic carbocycles. The Labute approximate surface area is 123 Å². The van der Waals surface area contributed by atoms with Crippen molar-refractivity contribution in [3.8, 4) is 5.75 Å². The number of amides is 1. The first-order valence-corrected chi connectivity index (χ1v) is 6.68. The van der Waals surface area contributed by atoms with E-state index in [4.69, 9.17) is 4.74 Å². The summed E-state index contributed by atoms with van der Waals surface area (Å²) in [5.74, 6) is -0.259. The van der Waals surface area contributed by atoms with Gasteiger partial charge in [-0.1, -0.05) is 13.8 Å². The molecule has 1 rings (SSSR count). The van der Waals surface area contributed by atoms with E-state index < -0.39 is 16.4 Å². The van der Waals surface area contributed by atoms with Crippen molar-refractivity contribution in [1.82, 2.24) is 5.32 Å². The minimum atomic E-state index is -0.743. The van der Waals surface area contributed by atoms with Gasteiger partial charge < -0.3 is 15.2 Å². The van der Waals surface area contributed by atoms with E-state index >= 15 is 0 Å². The minimum Gasteiger partial charge on any atom is -0.496 e. The average Bonchev–Trinajstić information content (AvgIpc) is 2.51. The Morgan fingerprint density at radius 3 is 2.48 bits per heavy atom. The highest BCUT2D eigenvalue weighted by Crippen LogP contribution is 2.25. The molecule has 0 aliphatic heterocycles. The molecule has 0 aliphatic rings. The van der Waals surface area contributed by atoms with Gasteiger partial charge in [0.2, 0.25) is 0 Å². The molecular formula is C14H20N2O5. The molecule has 2 N–H and O–H groups in total. The fourth-order valence-electron chi connectivity index (χ4n) is 1.99. The van der Waals surface area contributed by atoms with Gasteiger partial charge in [-0.2, -0.15) is 0 Å². The third kappa shape index (κ3) is 3.69. The number of hydrogen-bond acceptors (Lipinski definition) is 5. The number of aliphatic hydroxyl groups excluding tert-OH is 1. The van der Waals surface area contributed by atoms with E-state index in [9.17, 15) is 20.0 Å². The van der Waals surface area contributed by atoms with Gasteiger partial charge in [0.15, 0.2) is 0 Å². The van der Waals surface area contributed by atoms with E-state index in [1.165, 1.54) is 25.3 Å². The van der Waals surface area contributed by atoms with Crippen LogP contribution in [-0.4, -0.2) is 35.2 Å². The molecule has 0 saturated heterocycles. The monoisotopic (exact) mass is 296 g/mol. The molecule has 0 atom stereocenters. The third-order valence-corrected chi connectivity index (χ3v) is 3.67. The summed E-state index contributed by atoms with van der Waals surface area (Å²) in [5, 5.41) is 23.1. The van der Waals surface area contributed by atoms with E-state index in [0.29, 0.717) is 12.8 Å². The zero-order valence-electron chi connectivity index (χ0n) is 12.4. The Hall–Kier alpha value is -2.15. The number of nitrogens with zero attached hydrogens (tertiary/aromatic N) is 1. The third-order valence-electron chi connectivity index (χ3n) is 3.67. The number of ether oxygens (including phenoxy) is 1. The number of methoxy groups -OCH3 is 1. The number of nitrogens with one attached hydrogen (secondary N) is 1. The van der Waals surface area contributed by atoms with Crippen LogP contribution in [0.4, 0.5) is 5.69 Å². The number of hydrogen-bond donors (Lipinski definition) is 2. The van der Waals surface area contributed by atoms with Crippen LogP contribution in [0, 0.1) is 10.1 Å². The van der Waals surface area contributed by atoms with Crippen LogP contribution in [-0.2, 0) is 0 Å². The van der Waals surface area contributed by atoms with Gasteiger partial charge in [0.05, 0.1) is 29.7 Å². The fraction of sp³-hybridized carbons (Fsp3) is 0.500. The summed E-state index contributed by atoms with van der Waals surface area (Å²) in [7, 11) is 1.39. The molecular weight excluding hydrogens is 276 g/mol. The van der Waals surface area contributed by atoms with Crippen LogP contribution in [0.15, 0.2) is 18.2 Å². The van der Waals surface area contributed by atoms with Gasteiger partial charge in [0.25, 0.3) is 11.6 Å². The van der Waals surface area contributed by atoms with E-state index in [1.54, 1.807) is 0 Å². The molecule has 7 heteroatoms. The predicted octanol–water partition coefficient (Wildman–Crippen LogP) is 1.88. The van der Waals surface area contributed by atoms with E-state index in [2.05, 4.69) is 5.32 Å². The van der Waals surface area contributed by atoms with Gasteiger partial charge in [0.1, 0.15) is 5.75 Å². The summed E-state index contributed by atoms with van der Waals surface area (Å²) in [4.78, 5) is 22.6. The molecule has 0 radical (unpaired) electrons. The maximum Gasteiger partial charge on any atom is 0.270 e. The first-order valence-electron chi connectivity index (χ1n) is 6.68. The van der Waals surface area contributed by atoms with Crippen LogP contribution in [0.2, 0.25) is 0 Å². The lowest BCUT2D eigenvalue weighted by Crippen LogP contribution is -2.50. The van der Waals surface area contributed by atoms with Crippen molar-refractivity contribution in [2.24, 2.45) is 0 Å². The fourth-order valence-corrected chi connectivity index (χ4v) is 1.99. The summed E-state index contributed by atoms with van der Waals surface area (Å²) in [6, 6.07) is 3.82. The molecule has 1 amide bonds. The highest BCUT2D eigenvalue weighted by Gasteiger charge is 2.29. The number of benzene rings is 1. The Morgan fingerprint density at radius 2 is 2.05 bits per heavy atom. The molecule has 1 aromatic rings. The second kappa shape index (κ2) is 7.03. The van der Waals surface area contributed by atoms with Crippen molar-refractivity contribution in [2.45, 2.75) is 32.2 Å². The van der Waals surface area contributed by atoms with E-state index in [-0.39, 0.29) is 23.6 Å². The van der Waals surface area contributed by atoms with Gasteiger partial charge >= 0.3 is 0 Å². The van der Waals surface area contributed by atoms with Gasteiger partial charge in [-0.15, -0.1) is 0 Å². The summed E-state index contributed by atoms with van der Waals surface area (Å²) in [6.07, 6.45) is 1.09. The summed E-state index contributed by atoms with van der Waals surface area (Å²) < 4.78 is 5.07. The molecule has 0 aliphatic carbocycles. The second-order valence-electron chi connectivity index (χ2n) is 4.74. The van der Waals surface area contributed by atoms with Crippen molar-refractivity contribution in [3.05, 3.63) is 33.9 Å². The van der Waals surface area contributed by atoms with Gasteiger partial charge in [-0.25, -0.2) is 0 Å². The smallest absolute Gasteiger partial charge is 0.270 e. The topological polar surface area (TPSA) is 102 Å². The van der Waals surface area contributed by atoms with E-state index in [1.807, 2.05) is 13.8 Å². The lowest BCUT2D eigenvalue weighted by atomic mass is 9.93. The Balaban J connectivity index is 3.16. The number of nitro groups is 1. The lowest BCUT2D eigenvalue weighted by molar-refractivity contribution is -0.384. The zero-order chi connectivity index (χ0) is 16.0. The van der Waals surface area contributed by atoms with Crippen molar-refractivity contribution in [1.29, 1.82) is 0 Å². The van der Waals surface area contributed by atoms with Crippen LogP contribution < -0.4 is 10.1 Å². The van der Waals surface area contributed by atoms with Crippen LogP contribution in [0.1, 0.15) is 37.0 Å². The Kier molecular flexibility index (Phi) is 5.66. The molecule has 0 heterocycles. The standard InChI is InChI=1S/C14H20N2O5/c1-4-14(5-2,9-17)15-13(18)11-8-10(16(19)20)6-7-12(11)21-3/h6-8,17H,4-5,9H2,1-3H3,(H,15,18). The molecule has 0 bridgehead atoms. The SMILES string of the molecule is CCC(CC)(CO)NC(=O)c1cc([N+](=O)[O-])ccc1OC. The maximum absolute atomic E-state index is 12.4. The van der Waals surface area contributed by atoms with Crippen LogP contribution in [0.3, 0.4) is 0 Å². The second-order valence-corrected chi connectivity index (χ2v) is 4.74. The largest absolute Gasteiger partial charge is 0.496 e. The highest BCUT2D eigenvalue weighted by atomic mass is 16.6. The number of aliphatic hydroxyl groups is 1. The molecule has 21 heavy (non-hydrogen) atoms. The lowest BCUT2D eigenvalue weighted by Gasteiger charge is -2.30. The normalized spacial score (nSPS) is 11.0. The number of non-ortho nitro benzene ring substituents is 1. The Bertz CT molecular complexity index is 518. The van der Waals surface area contributed by atoms with Crippen molar-refractivity contribution in [2.75, 3.05) is 13.7 Å². The number of nitro benzene ring substituents is 1. The van der Waals surface area contributed by atoms with E-state index in [0.717, 1.165) is 0 Å². The molecule has 0 spiro atoms. The number of carbonyl (C=O) groups excluding carboxylic acids is 1. The summed E-state index contributed by atoms with van der Waals surface area (Å²) >= 11 is 0. The van der Waals surface area contributed by atoms with Gasteiger partial charge in [0, 0.05) is 12.1 Å². The van der Waals surface area contributed by atoms with Crippen molar-refractivity contribution in [3.63, 3.8) is 0 Å². The summed E-state index contributed by atoms with van der Waals surface area (Å²) in [6.45, 7) is 3.50. The summed E-state index contributed by atoms with van der Waals surface area (Å²) in [5.41, 5.74) is -0.859. The first kappa shape index (κ1) is 16.9. The highest BCUT2D eigenvalue weighted by molar-refractivity contribution is 5.98. The van der Waals surface area contributed by atoms with Gasteiger partial charge in [-0.05, 0) is 18.9 Å². The molecule has 0 aromatic heterocycles. The quantitative estimate of drug-likeness (QED) is 0.591. The molecule has 116 valence electrons. The van der Waals surface area contributed by atoms with Crippen molar-refractivity contribution >= 4 is 11.6 Å². The van der Waals surface area contributed by atoms with Crippen LogP contribution in [0.5, 0.6) is 5.75 Å². The average molecular weight is 296 g/mol. The first-order chi connectivity index (χ1) is 9.92. The van der Waals surface area contributed by atoms with Gasteiger partial charge in [-0.3, -0.25) is 14.9 Å². The predicted molar refractivity (Wildman–Crippen MR) is 77.5 cm³/mol. The molecule has 0 fully saturated rings. The van der Waals surface area contributed by atoms with Crippen molar-refractivity contribution < 1.29 is 19.6 Å². The molecule has 7 nitrogen and oxygen atoms in total. The van der Waals surface area contributed by atoms with Crippen LogP contribution in [0.25, 0.3) is 0 Å². The maximum atomic E-state index is 12.4. The Morgan fingerprint density at radius 1 is 1.43 bits per heavy atom. The minimum absolute atomic E-state index is 0.0754. The van der Waals surface area contributed by atoms with Crippen LogP contribution >= 0.6 is 0 Å². The zero-order valence-corrected chi connectivity index (χ0v) is 12.4. The molecule has 0 saturated carbocycles.